The Morgan fingerprint density at radius 2 is 1.48 bits per heavy atom. The number of hydrogen-bond donors (Lipinski definition) is 4. The van der Waals surface area contributed by atoms with E-state index in [9.17, 15) is 14.4 Å². The summed E-state index contributed by atoms with van der Waals surface area (Å²) in [4.78, 5) is 42.9. The van der Waals surface area contributed by atoms with Gasteiger partial charge >= 0.3 is 0 Å². The number of H-pyrrole nitrogens is 1. The molecule has 42 heavy (non-hydrogen) atoms. The topological polar surface area (TPSA) is 103 Å². The number of benzene rings is 4. The standard InChI is InChI=1S/C34H30N4O3S/c1-22-16-23(2)18-27(17-22)36-32(39)21-42-28-14-12-26(13-15-28)37-34(41)31(38-33(40)24-8-4-3-5-9-24)19-25-20-35-30-11-7-6-10-29(25)30/h3-20,35H,21H2,1-2H3,(H,36,39)(H,37,41)(H,38,40)/b31-19-. The second-order valence-electron chi connectivity index (χ2n) is 9.86. The van der Waals surface area contributed by atoms with Crippen molar-refractivity contribution in [1.82, 2.24) is 10.3 Å². The molecule has 1 heterocycles. The minimum absolute atomic E-state index is 0.0939. The van der Waals surface area contributed by atoms with Crippen molar-refractivity contribution in [2.75, 3.05) is 16.4 Å². The summed E-state index contributed by atoms with van der Waals surface area (Å²) in [5.74, 6) is -0.689. The third-order valence-electron chi connectivity index (χ3n) is 6.44. The van der Waals surface area contributed by atoms with Gasteiger partial charge in [0.1, 0.15) is 5.70 Å². The SMILES string of the molecule is Cc1cc(C)cc(NC(=O)CSc2ccc(NC(=O)/C(=C/c3c[nH]c4ccccc34)NC(=O)c3ccccc3)cc2)c1. The number of carbonyl (C=O) groups excluding carboxylic acids is 3. The Morgan fingerprint density at radius 1 is 0.786 bits per heavy atom. The van der Waals surface area contributed by atoms with Gasteiger partial charge in [-0.3, -0.25) is 14.4 Å². The minimum atomic E-state index is -0.460. The molecule has 0 spiro atoms. The molecule has 0 bridgehead atoms. The summed E-state index contributed by atoms with van der Waals surface area (Å²) in [6.07, 6.45) is 3.46. The highest BCUT2D eigenvalue weighted by atomic mass is 32.2. The molecule has 210 valence electrons. The van der Waals surface area contributed by atoms with E-state index in [2.05, 4.69) is 27.0 Å². The number of carbonyl (C=O) groups is 3. The monoisotopic (exact) mass is 574 g/mol. The Labute approximate surface area is 248 Å². The quantitative estimate of drug-likeness (QED) is 0.113. The molecule has 1 aromatic heterocycles. The minimum Gasteiger partial charge on any atom is -0.361 e. The lowest BCUT2D eigenvalue weighted by Crippen LogP contribution is -2.30. The molecule has 0 aliphatic heterocycles. The van der Waals surface area contributed by atoms with Crippen molar-refractivity contribution in [2.24, 2.45) is 0 Å². The molecule has 7 nitrogen and oxygen atoms in total. The third kappa shape index (κ3) is 7.35. The zero-order chi connectivity index (χ0) is 29.5. The molecule has 0 aliphatic carbocycles. The second kappa shape index (κ2) is 13.1. The number of aromatic amines is 1. The fraction of sp³-hybridized carbons (Fsp3) is 0.0882. The number of anilines is 2. The van der Waals surface area contributed by atoms with Gasteiger partial charge in [0.15, 0.2) is 0 Å². The summed E-state index contributed by atoms with van der Waals surface area (Å²) < 4.78 is 0. The van der Waals surface area contributed by atoms with Crippen molar-refractivity contribution < 1.29 is 14.4 Å². The van der Waals surface area contributed by atoms with Crippen LogP contribution in [0.2, 0.25) is 0 Å². The maximum absolute atomic E-state index is 13.4. The molecule has 0 aliphatic rings. The number of thioether (sulfide) groups is 1. The summed E-state index contributed by atoms with van der Waals surface area (Å²) in [5, 5.41) is 9.52. The van der Waals surface area contributed by atoms with Crippen LogP contribution < -0.4 is 16.0 Å². The summed E-state index contributed by atoms with van der Waals surface area (Å²) in [6.45, 7) is 3.99. The third-order valence-corrected chi connectivity index (χ3v) is 7.45. The van der Waals surface area contributed by atoms with Crippen molar-refractivity contribution in [3.05, 3.63) is 131 Å². The normalized spacial score (nSPS) is 11.2. The molecule has 4 aromatic carbocycles. The van der Waals surface area contributed by atoms with Gasteiger partial charge in [0.2, 0.25) is 5.91 Å². The van der Waals surface area contributed by atoms with E-state index in [4.69, 9.17) is 0 Å². The van der Waals surface area contributed by atoms with Crippen LogP contribution in [0.4, 0.5) is 11.4 Å². The molecule has 0 saturated heterocycles. The van der Waals surface area contributed by atoms with Gasteiger partial charge in [-0.2, -0.15) is 0 Å². The first kappa shape index (κ1) is 28.4. The van der Waals surface area contributed by atoms with Gasteiger partial charge in [-0.15, -0.1) is 11.8 Å². The van der Waals surface area contributed by atoms with Gasteiger partial charge in [-0.05, 0) is 85.6 Å². The van der Waals surface area contributed by atoms with E-state index in [1.807, 2.05) is 68.4 Å². The molecule has 5 aromatic rings. The summed E-state index contributed by atoms with van der Waals surface area (Å²) in [6, 6.07) is 29.6. The van der Waals surface area contributed by atoms with Gasteiger partial charge in [0.25, 0.3) is 11.8 Å². The molecule has 5 rings (SSSR count). The zero-order valence-corrected chi connectivity index (χ0v) is 24.0. The van der Waals surface area contributed by atoms with Crippen LogP contribution in [0, 0.1) is 13.8 Å². The Hall–Kier alpha value is -5.08. The van der Waals surface area contributed by atoms with E-state index >= 15 is 0 Å². The van der Waals surface area contributed by atoms with Crippen molar-refractivity contribution in [1.29, 1.82) is 0 Å². The van der Waals surface area contributed by atoms with Crippen LogP contribution in [0.1, 0.15) is 27.0 Å². The zero-order valence-electron chi connectivity index (χ0n) is 23.2. The predicted molar refractivity (Wildman–Crippen MR) is 171 cm³/mol. The average Bonchev–Trinajstić information content (AvgIpc) is 3.39. The molecule has 0 fully saturated rings. The van der Waals surface area contributed by atoms with Crippen LogP contribution in [0.25, 0.3) is 17.0 Å². The maximum atomic E-state index is 13.4. The number of aromatic nitrogens is 1. The van der Waals surface area contributed by atoms with Crippen LogP contribution in [0.15, 0.2) is 114 Å². The number of para-hydroxylation sites is 1. The van der Waals surface area contributed by atoms with Gasteiger partial charge in [-0.25, -0.2) is 0 Å². The summed E-state index contributed by atoms with van der Waals surface area (Å²) >= 11 is 1.40. The van der Waals surface area contributed by atoms with E-state index in [0.717, 1.165) is 38.2 Å². The van der Waals surface area contributed by atoms with Crippen LogP contribution in [0.5, 0.6) is 0 Å². The van der Waals surface area contributed by atoms with E-state index in [1.165, 1.54) is 11.8 Å². The molecule has 0 atom stereocenters. The first-order valence-electron chi connectivity index (χ1n) is 13.4. The van der Waals surface area contributed by atoms with Crippen molar-refractivity contribution >= 4 is 57.8 Å². The van der Waals surface area contributed by atoms with E-state index in [0.29, 0.717) is 11.3 Å². The molecule has 8 heteroatoms. The second-order valence-corrected chi connectivity index (χ2v) is 10.9. The molecule has 0 unspecified atom stereocenters. The molecular weight excluding hydrogens is 544 g/mol. The fourth-order valence-corrected chi connectivity index (χ4v) is 5.24. The molecule has 4 N–H and O–H groups in total. The van der Waals surface area contributed by atoms with Crippen LogP contribution in [-0.4, -0.2) is 28.5 Å². The highest BCUT2D eigenvalue weighted by Crippen LogP contribution is 2.23. The number of nitrogens with one attached hydrogen (secondary N) is 4. The Bertz CT molecular complexity index is 1760. The van der Waals surface area contributed by atoms with E-state index in [-0.39, 0.29) is 23.3 Å². The average molecular weight is 575 g/mol. The van der Waals surface area contributed by atoms with Crippen molar-refractivity contribution in [3.8, 4) is 0 Å². The molecule has 0 radical (unpaired) electrons. The lowest BCUT2D eigenvalue weighted by atomic mass is 10.1. The number of hydrogen-bond acceptors (Lipinski definition) is 4. The maximum Gasteiger partial charge on any atom is 0.272 e. The van der Waals surface area contributed by atoms with E-state index in [1.54, 1.807) is 48.7 Å². The molecular formula is C34H30N4O3S. The number of amides is 3. The predicted octanol–water partition coefficient (Wildman–Crippen LogP) is 6.93. The fourth-order valence-electron chi connectivity index (χ4n) is 4.54. The first-order valence-corrected chi connectivity index (χ1v) is 14.4. The lowest BCUT2D eigenvalue weighted by molar-refractivity contribution is -0.114. The van der Waals surface area contributed by atoms with Crippen molar-refractivity contribution in [2.45, 2.75) is 18.7 Å². The largest absolute Gasteiger partial charge is 0.361 e. The highest BCUT2D eigenvalue weighted by molar-refractivity contribution is 8.00. The molecule has 0 saturated carbocycles. The molecule has 3 amide bonds. The Kier molecular flexibility index (Phi) is 8.84. The van der Waals surface area contributed by atoms with Crippen LogP contribution >= 0.6 is 11.8 Å². The highest BCUT2D eigenvalue weighted by Gasteiger charge is 2.16. The first-order chi connectivity index (χ1) is 20.3. The van der Waals surface area contributed by atoms with Crippen LogP contribution in [0.3, 0.4) is 0 Å². The van der Waals surface area contributed by atoms with Gasteiger partial charge in [0, 0.05) is 44.5 Å². The number of aryl methyl sites for hydroxylation is 2. The Morgan fingerprint density at radius 3 is 2.21 bits per heavy atom. The van der Waals surface area contributed by atoms with E-state index < -0.39 is 5.91 Å². The summed E-state index contributed by atoms with van der Waals surface area (Å²) in [7, 11) is 0. The Balaban J connectivity index is 1.26. The smallest absolute Gasteiger partial charge is 0.272 e. The number of fused-ring (bicyclic) bond motifs is 1. The van der Waals surface area contributed by atoms with Gasteiger partial charge < -0.3 is 20.9 Å². The van der Waals surface area contributed by atoms with Crippen molar-refractivity contribution in [3.63, 3.8) is 0 Å². The summed E-state index contributed by atoms with van der Waals surface area (Å²) in [5.41, 5.74) is 5.77. The van der Waals surface area contributed by atoms with Gasteiger partial charge in [0.05, 0.1) is 5.75 Å². The lowest BCUT2D eigenvalue weighted by Gasteiger charge is -2.12. The van der Waals surface area contributed by atoms with Crippen LogP contribution in [-0.2, 0) is 9.59 Å². The van der Waals surface area contributed by atoms with Gasteiger partial charge in [-0.1, -0.05) is 42.5 Å². The number of rotatable bonds is 9.